The molecule has 156 valence electrons. The molecule has 0 unspecified atom stereocenters. The first kappa shape index (κ1) is 20.1. The summed E-state index contributed by atoms with van der Waals surface area (Å²) in [7, 11) is 1.97. The van der Waals surface area contributed by atoms with Crippen LogP contribution in [0.3, 0.4) is 0 Å². The molecule has 1 aliphatic heterocycles. The lowest BCUT2D eigenvalue weighted by molar-refractivity contribution is -0.115. The third-order valence-corrected chi connectivity index (χ3v) is 5.50. The van der Waals surface area contributed by atoms with Crippen molar-refractivity contribution in [2.24, 2.45) is 10.9 Å². The van der Waals surface area contributed by atoms with E-state index in [1.165, 1.54) is 5.57 Å². The number of nitrogens with one attached hydrogen (secondary N) is 2. The summed E-state index contributed by atoms with van der Waals surface area (Å²) in [6.07, 6.45) is 16.5. The van der Waals surface area contributed by atoms with E-state index in [1.54, 1.807) is 0 Å². The molecular weight excluding hydrogens is 374 g/mol. The fourth-order valence-electron chi connectivity index (χ4n) is 3.76. The maximum atomic E-state index is 12.5. The summed E-state index contributed by atoms with van der Waals surface area (Å²) >= 11 is 0. The summed E-state index contributed by atoms with van der Waals surface area (Å²) in [4.78, 5) is 26.8. The summed E-state index contributed by atoms with van der Waals surface area (Å²) in [5.41, 5.74) is 4.42. The number of hydrogen-bond acceptors (Lipinski definition) is 4. The average molecular weight is 404 g/mol. The van der Waals surface area contributed by atoms with Gasteiger partial charge in [-0.25, -0.2) is 9.98 Å². The second-order valence-corrected chi connectivity index (χ2v) is 8.38. The van der Waals surface area contributed by atoms with Gasteiger partial charge in [0.25, 0.3) is 5.91 Å². The molecule has 4 rings (SSSR count). The Morgan fingerprint density at radius 1 is 1.30 bits per heavy atom. The molecule has 0 atom stereocenters. The highest BCUT2D eigenvalue weighted by molar-refractivity contribution is 6.14. The maximum Gasteiger partial charge on any atom is 0.276 e. The van der Waals surface area contributed by atoms with Crippen molar-refractivity contribution in [1.82, 2.24) is 20.2 Å². The van der Waals surface area contributed by atoms with Gasteiger partial charge in [-0.15, -0.1) is 0 Å². The molecule has 0 aromatic carbocycles. The topological polar surface area (TPSA) is 73.4 Å². The van der Waals surface area contributed by atoms with Crippen molar-refractivity contribution in [2.75, 3.05) is 13.6 Å². The van der Waals surface area contributed by atoms with Crippen molar-refractivity contribution in [3.63, 3.8) is 0 Å². The fourth-order valence-corrected chi connectivity index (χ4v) is 3.76. The molecule has 0 saturated carbocycles. The highest BCUT2D eigenvalue weighted by Crippen LogP contribution is 2.27. The van der Waals surface area contributed by atoms with Crippen LogP contribution in [0.15, 0.2) is 47.4 Å². The van der Waals surface area contributed by atoms with Gasteiger partial charge in [-0.3, -0.25) is 10.1 Å². The highest BCUT2D eigenvalue weighted by atomic mass is 16.2. The van der Waals surface area contributed by atoms with Crippen molar-refractivity contribution in [2.45, 2.75) is 39.5 Å². The molecule has 0 saturated heterocycles. The summed E-state index contributed by atoms with van der Waals surface area (Å²) in [5.74, 6) is 1.12. The van der Waals surface area contributed by atoms with Gasteiger partial charge in [-0.05, 0) is 49.3 Å². The minimum absolute atomic E-state index is 0.169. The Balaban J connectivity index is 1.57. The minimum Gasteiger partial charge on any atom is -0.346 e. The van der Waals surface area contributed by atoms with Crippen LogP contribution in [0.2, 0.25) is 0 Å². The number of carbonyl (C=O) groups is 1. The van der Waals surface area contributed by atoms with E-state index in [0.29, 0.717) is 17.6 Å². The molecule has 6 nitrogen and oxygen atoms in total. The largest absolute Gasteiger partial charge is 0.346 e. The number of fused-ring (bicyclic) bond motifs is 1. The smallest absolute Gasteiger partial charge is 0.276 e. The number of carbonyl (C=O) groups excluding carboxylic acids is 1. The number of aliphatic imine (C=N–C) groups is 1. The second-order valence-electron chi connectivity index (χ2n) is 8.38. The number of guanidine groups is 1. The molecule has 2 N–H and O–H groups in total. The normalized spacial score (nSPS) is 17.6. The van der Waals surface area contributed by atoms with Crippen molar-refractivity contribution in [1.29, 1.82) is 0 Å². The van der Waals surface area contributed by atoms with Crippen molar-refractivity contribution < 1.29 is 4.79 Å². The van der Waals surface area contributed by atoms with E-state index in [2.05, 4.69) is 58.4 Å². The Labute approximate surface area is 177 Å². The Kier molecular flexibility index (Phi) is 5.84. The van der Waals surface area contributed by atoms with Crippen LogP contribution in [-0.2, 0) is 4.79 Å². The lowest BCUT2D eigenvalue weighted by atomic mass is 10.00. The molecule has 2 aliphatic rings. The zero-order valence-electron chi connectivity index (χ0n) is 17.9. The van der Waals surface area contributed by atoms with Crippen molar-refractivity contribution in [3.8, 4) is 0 Å². The van der Waals surface area contributed by atoms with Crippen LogP contribution in [0.1, 0.15) is 50.7 Å². The first-order valence-electron chi connectivity index (χ1n) is 10.7. The number of aromatic nitrogens is 2. The van der Waals surface area contributed by atoms with E-state index in [1.807, 2.05) is 30.4 Å². The highest BCUT2D eigenvalue weighted by Gasteiger charge is 2.23. The van der Waals surface area contributed by atoms with Gasteiger partial charge in [0.15, 0.2) is 0 Å². The lowest BCUT2D eigenvalue weighted by Crippen LogP contribution is -2.38. The number of H-pyrrole nitrogens is 1. The van der Waals surface area contributed by atoms with Gasteiger partial charge >= 0.3 is 0 Å². The fraction of sp³-hybridized carbons (Fsp3) is 0.375. The molecule has 0 radical (unpaired) electrons. The number of pyridine rings is 1. The number of amides is 1. The predicted molar refractivity (Wildman–Crippen MR) is 123 cm³/mol. The maximum absolute atomic E-state index is 12.5. The van der Waals surface area contributed by atoms with Crippen molar-refractivity contribution >= 4 is 34.5 Å². The Morgan fingerprint density at radius 3 is 2.93 bits per heavy atom. The third kappa shape index (κ3) is 4.37. The molecule has 1 aliphatic carbocycles. The standard InChI is InChI=1S/C24H29N5O/c1-16(2)8-7-11-29(3)24-27-21(23(30)28-24)13-19-15-26-22-20(19)12-18(14-25-22)17-9-5-4-6-10-17/h5,9-10,12-16H,4,6-8,11H2,1-3H3,(H,25,26)(H,27,28,30)/b21-13-. The Hall–Kier alpha value is -3.15. The number of hydrogen-bond donors (Lipinski definition) is 2. The van der Waals surface area contributed by atoms with Crippen molar-refractivity contribution in [3.05, 3.63) is 53.5 Å². The van der Waals surface area contributed by atoms with E-state index in [4.69, 9.17) is 0 Å². The summed E-state index contributed by atoms with van der Waals surface area (Å²) in [5, 5.41) is 3.88. The third-order valence-electron chi connectivity index (χ3n) is 5.50. The Morgan fingerprint density at radius 2 is 2.17 bits per heavy atom. The van der Waals surface area contributed by atoms with Gasteiger partial charge in [-0.1, -0.05) is 32.1 Å². The lowest BCUT2D eigenvalue weighted by Gasteiger charge is -2.18. The van der Waals surface area contributed by atoms with Crippen LogP contribution in [0.25, 0.3) is 22.7 Å². The van der Waals surface area contributed by atoms with E-state index in [0.717, 1.165) is 54.4 Å². The van der Waals surface area contributed by atoms with Crippen LogP contribution >= 0.6 is 0 Å². The molecule has 0 spiro atoms. The van der Waals surface area contributed by atoms with Crippen LogP contribution in [0, 0.1) is 5.92 Å². The first-order chi connectivity index (χ1) is 14.5. The van der Waals surface area contributed by atoms with E-state index < -0.39 is 0 Å². The average Bonchev–Trinajstić information content (AvgIpc) is 3.32. The molecule has 1 amide bonds. The van der Waals surface area contributed by atoms with Crippen LogP contribution in [0.4, 0.5) is 0 Å². The predicted octanol–water partition coefficient (Wildman–Crippen LogP) is 4.49. The SMILES string of the molecule is CC(C)CCCN(C)C1=N/C(=C\c2c[nH]c3ncc(C4=CCCC=C4)cc23)C(=O)N1. The number of aromatic amines is 1. The molecule has 0 bridgehead atoms. The molecule has 6 heteroatoms. The van der Waals surface area contributed by atoms with E-state index >= 15 is 0 Å². The second kappa shape index (κ2) is 8.69. The minimum atomic E-state index is -0.169. The zero-order chi connectivity index (χ0) is 21.1. The monoisotopic (exact) mass is 403 g/mol. The van der Waals surface area contributed by atoms with Gasteiger partial charge < -0.3 is 9.88 Å². The van der Waals surface area contributed by atoms with Crippen LogP contribution in [-0.4, -0.2) is 40.3 Å². The molecule has 2 aromatic rings. The van der Waals surface area contributed by atoms with Gasteiger partial charge in [-0.2, -0.15) is 0 Å². The summed E-state index contributed by atoms with van der Waals surface area (Å²) in [6.45, 7) is 5.31. The molecule has 0 fully saturated rings. The molecule has 2 aromatic heterocycles. The zero-order valence-corrected chi connectivity index (χ0v) is 17.9. The first-order valence-corrected chi connectivity index (χ1v) is 10.7. The molecule has 30 heavy (non-hydrogen) atoms. The van der Waals surface area contributed by atoms with E-state index in [-0.39, 0.29) is 5.91 Å². The summed E-state index contributed by atoms with van der Waals surface area (Å²) < 4.78 is 0. The quantitative estimate of drug-likeness (QED) is 0.698. The van der Waals surface area contributed by atoms with Gasteiger partial charge in [0, 0.05) is 42.5 Å². The number of rotatable bonds is 6. The van der Waals surface area contributed by atoms with E-state index in [9.17, 15) is 4.79 Å². The summed E-state index contributed by atoms with van der Waals surface area (Å²) in [6, 6.07) is 2.13. The van der Waals surface area contributed by atoms with Gasteiger partial charge in [0.1, 0.15) is 11.3 Å². The molecule has 3 heterocycles. The van der Waals surface area contributed by atoms with Gasteiger partial charge in [0.2, 0.25) is 5.96 Å². The number of allylic oxidation sites excluding steroid dienone is 4. The van der Waals surface area contributed by atoms with Crippen LogP contribution < -0.4 is 5.32 Å². The number of nitrogens with zero attached hydrogens (tertiary/aromatic N) is 3. The molecular formula is C24H29N5O. The Bertz CT molecular complexity index is 1070. The van der Waals surface area contributed by atoms with Crippen LogP contribution in [0.5, 0.6) is 0 Å². The van der Waals surface area contributed by atoms with Gasteiger partial charge in [0.05, 0.1) is 0 Å².